The number of hydrogen-bond acceptors (Lipinski definition) is 10. The van der Waals surface area contributed by atoms with Gasteiger partial charge in [-0.1, -0.05) is 11.6 Å². The molecule has 1 saturated heterocycles. The minimum absolute atomic E-state index is 0.110. The van der Waals surface area contributed by atoms with Crippen molar-refractivity contribution in [2.24, 2.45) is 12.8 Å². The van der Waals surface area contributed by atoms with Gasteiger partial charge in [0.1, 0.15) is 28.1 Å². The van der Waals surface area contributed by atoms with E-state index >= 15 is 0 Å². The summed E-state index contributed by atoms with van der Waals surface area (Å²) in [5, 5.41) is 6.02. The van der Waals surface area contributed by atoms with E-state index in [-0.39, 0.29) is 45.7 Å². The van der Waals surface area contributed by atoms with Gasteiger partial charge in [-0.05, 0) is 25.6 Å². The topological polar surface area (TPSA) is 128 Å². The van der Waals surface area contributed by atoms with Gasteiger partial charge >= 0.3 is 6.18 Å². The van der Waals surface area contributed by atoms with Crippen LogP contribution >= 0.6 is 11.6 Å². The van der Waals surface area contributed by atoms with E-state index in [1.54, 1.807) is 18.7 Å². The maximum atomic E-state index is 13.7. The van der Waals surface area contributed by atoms with Crippen LogP contribution in [0.3, 0.4) is 0 Å². The van der Waals surface area contributed by atoms with E-state index in [1.165, 1.54) is 30.9 Å². The number of fused-ring (bicyclic) bond motifs is 1. The van der Waals surface area contributed by atoms with Crippen LogP contribution in [-0.2, 0) is 13.2 Å². The summed E-state index contributed by atoms with van der Waals surface area (Å²) in [6.45, 7) is 1.44. The molecule has 0 amide bonds. The lowest BCUT2D eigenvalue weighted by Gasteiger charge is -2.17. The van der Waals surface area contributed by atoms with Crippen molar-refractivity contribution in [1.82, 2.24) is 29.4 Å². The highest BCUT2D eigenvalue weighted by atomic mass is 35.5. The van der Waals surface area contributed by atoms with Crippen molar-refractivity contribution in [2.45, 2.75) is 18.7 Å². The maximum Gasteiger partial charge on any atom is 0.416 e. The molecule has 0 radical (unpaired) electrons. The fourth-order valence-corrected chi connectivity index (χ4v) is 4.79. The van der Waals surface area contributed by atoms with Gasteiger partial charge in [0, 0.05) is 57.5 Å². The number of nitrogens with two attached hydrogens (primary N) is 1. The number of rotatable bonds is 8. The highest BCUT2D eigenvalue weighted by Gasteiger charge is 2.32. The van der Waals surface area contributed by atoms with Gasteiger partial charge in [0.25, 0.3) is 0 Å². The highest BCUT2D eigenvalue weighted by Crippen LogP contribution is 2.38. The quantitative estimate of drug-likeness (QED) is 0.250. The Bertz CT molecular complexity index is 1610. The van der Waals surface area contributed by atoms with Crippen LogP contribution in [0, 0.1) is 0 Å². The molecule has 11 nitrogen and oxygen atoms in total. The maximum absolute atomic E-state index is 13.7. The van der Waals surface area contributed by atoms with E-state index in [1.807, 2.05) is 7.05 Å². The fourth-order valence-electron chi connectivity index (χ4n) is 4.49. The number of pyridine rings is 1. The number of hydrogen-bond donors (Lipinski definition) is 3. The lowest BCUT2D eigenvalue weighted by molar-refractivity contribution is -0.137. The molecule has 0 spiro atoms. The molecule has 1 aliphatic heterocycles. The zero-order valence-corrected chi connectivity index (χ0v) is 23.1. The molecule has 3 aromatic heterocycles. The number of likely N-dealkylation sites (tertiary alicyclic amines) is 1. The van der Waals surface area contributed by atoms with Crippen LogP contribution in [-0.4, -0.2) is 62.7 Å². The molecule has 4 heterocycles. The van der Waals surface area contributed by atoms with Crippen LogP contribution in [0.2, 0.25) is 5.02 Å². The number of imidazole rings is 1. The lowest BCUT2D eigenvalue weighted by atomic mass is 10.1. The second-order valence-corrected chi connectivity index (χ2v) is 9.78. The second-order valence-electron chi connectivity index (χ2n) is 9.40. The Morgan fingerprint density at radius 3 is 2.63 bits per heavy atom. The lowest BCUT2D eigenvalue weighted by Crippen LogP contribution is -2.21. The first-order valence-corrected chi connectivity index (χ1v) is 12.9. The molecular formula is C26H27ClF3N9O2. The molecule has 5 rings (SSSR count). The summed E-state index contributed by atoms with van der Waals surface area (Å²) in [6.07, 6.45) is 1.54. The number of aryl methyl sites for hydroxylation is 1. The summed E-state index contributed by atoms with van der Waals surface area (Å²) in [7, 11) is 5.27. The van der Waals surface area contributed by atoms with Gasteiger partial charge in [-0.2, -0.15) is 18.2 Å². The van der Waals surface area contributed by atoms with Crippen LogP contribution in [0.5, 0.6) is 11.5 Å². The predicted molar refractivity (Wildman–Crippen MR) is 149 cm³/mol. The van der Waals surface area contributed by atoms with Crippen molar-refractivity contribution in [1.29, 1.82) is 0 Å². The first-order chi connectivity index (χ1) is 19.6. The number of benzene rings is 1. The van der Waals surface area contributed by atoms with Crippen molar-refractivity contribution in [3.8, 4) is 11.5 Å². The van der Waals surface area contributed by atoms with Gasteiger partial charge in [-0.25, -0.2) is 15.0 Å². The average Bonchev–Trinajstić information content (AvgIpc) is 3.49. The monoisotopic (exact) mass is 589 g/mol. The molecule has 216 valence electrons. The summed E-state index contributed by atoms with van der Waals surface area (Å²) < 4.78 is 54.6. The van der Waals surface area contributed by atoms with Crippen molar-refractivity contribution in [2.75, 3.05) is 37.8 Å². The number of aromatic nitrogens is 5. The number of ether oxygens (including phenoxy) is 2. The zero-order valence-electron chi connectivity index (χ0n) is 22.3. The Balaban J connectivity index is 1.46. The molecular weight excluding hydrogens is 563 g/mol. The van der Waals surface area contributed by atoms with Crippen LogP contribution in [0.1, 0.15) is 17.7 Å². The van der Waals surface area contributed by atoms with Crippen LogP contribution in [0.25, 0.3) is 16.9 Å². The van der Waals surface area contributed by atoms with E-state index < -0.39 is 11.7 Å². The molecule has 4 N–H and O–H groups in total. The van der Waals surface area contributed by atoms with Crippen LogP contribution in [0.4, 0.5) is 30.6 Å². The Hall–Kier alpha value is -4.30. The van der Waals surface area contributed by atoms with Gasteiger partial charge in [-0.15, -0.1) is 0 Å². The van der Waals surface area contributed by atoms with Crippen LogP contribution in [0.15, 0.2) is 43.0 Å². The minimum Gasteiger partial charge on any atom is -0.489 e. The predicted octanol–water partition coefficient (Wildman–Crippen LogP) is 4.63. The average molecular weight is 590 g/mol. The number of anilines is 3. The largest absolute Gasteiger partial charge is 0.489 e. The first-order valence-electron chi connectivity index (χ1n) is 12.5. The summed E-state index contributed by atoms with van der Waals surface area (Å²) in [6, 6.07) is 3.50. The molecule has 0 saturated carbocycles. The number of halogens is 4. The van der Waals surface area contributed by atoms with Gasteiger partial charge in [-0.3, -0.25) is 0 Å². The van der Waals surface area contributed by atoms with E-state index in [9.17, 15) is 13.2 Å². The van der Waals surface area contributed by atoms with E-state index in [0.717, 1.165) is 25.1 Å². The summed E-state index contributed by atoms with van der Waals surface area (Å²) >= 11 is 6.70. The molecule has 15 heteroatoms. The Morgan fingerprint density at radius 2 is 1.95 bits per heavy atom. The summed E-state index contributed by atoms with van der Waals surface area (Å²) in [5.41, 5.74) is 6.09. The van der Waals surface area contributed by atoms with Gasteiger partial charge in [0.2, 0.25) is 5.95 Å². The molecule has 0 aliphatic carbocycles. The normalized spacial score (nSPS) is 16.3. The van der Waals surface area contributed by atoms with Crippen molar-refractivity contribution in [3.05, 3.63) is 59.3 Å². The SMILES string of the molecule is CNc1nccnc1C(=CN)Oc1cnc2nc(Nc3cc(O[C@H]4CCN(C)C4)cc(C(F)(F)F)c3)n(C)c2c1Cl. The molecule has 1 aromatic carbocycles. The number of likely N-dealkylation sites (N-methyl/N-ethyl adjacent to an activating group) is 1. The smallest absolute Gasteiger partial charge is 0.416 e. The third-order valence-electron chi connectivity index (χ3n) is 6.49. The molecule has 41 heavy (non-hydrogen) atoms. The fraction of sp³-hybridized carbons (Fsp3) is 0.308. The molecule has 1 aliphatic rings. The number of nitrogens with zero attached hydrogens (tertiary/aromatic N) is 6. The van der Waals surface area contributed by atoms with E-state index in [0.29, 0.717) is 23.6 Å². The van der Waals surface area contributed by atoms with Crippen molar-refractivity contribution >= 4 is 46.0 Å². The van der Waals surface area contributed by atoms with Gasteiger partial charge in [0.05, 0.1) is 11.8 Å². The van der Waals surface area contributed by atoms with E-state index in [4.69, 9.17) is 26.8 Å². The zero-order chi connectivity index (χ0) is 29.3. The Morgan fingerprint density at radius 1 is 1.17 bits per heavy atom. The molecule has 4 aromatic rings. The van der Waals surface area contributed by atoms with Gasteiger partial charge in [0.15, 0.2) is 23.0 Å². The minimum atomic E-state index is -4.57. The summed E-state index contributed by atoms with van der Waals surface area (Å²) in [5.74, 6) is 1.09. The number of nitrogens with one attached hydrogen (secondary N) is 2. The van der Waals surface area contributed by atoms with E-state index in [2.05, 4.69) is 35.5 Å². The Labute approximate surface area is 238 Å². The molecule has 1 fully saturated rings. The van der Waals surface area contributed by atoms with Crippen molar-refractivity contribution < 1.29 is 22.6 Å². The molecule has 0 unspecified atom stereocenters. The van der Waals surface area contributed by atoms with Gasteiger partial charge < -0.3 is 35.3 Å². The third kappa shape index (κ3) is 5.93. The Kier molecular flexibility index (Phi) is 7.78. The third-order valence-corrected chi connectivity index (χ3v) is 6.85. The first kappa shape index (κ1) is 28.2. The van der Waals surface area contributed by atoms with Crippen molar-refractivity contribution in [3.63, 3.8) is 0 Å². The highest BCUT2D eigenvalue weighted by molar-refractivity contribution is 6.36. The standard InChI is InChI=1S/C26H27ClF3N9O2/c1-32-23-21(33-5-6-34-23)18(11-31)41-19-12-35-24-22(20(19)27)39(3)25(37-24)36-15-8-14(26(28,29)30)9-17(10-15)40-16-4-7-38(2)13-16/h5-6,8-12,16H,4,7,13,31H2,1-3H3,(H,32,34)(H,35,36,37)/t16-/m0/s1. The summed E-state index contributed by atoms with van der Waals surface area (Å²) in [4.78, 5) is 19.3. The number of alkyl halides is 3. The second kappa shape index (κ2) is 11.3. The molecule has 1 atom stereocenters. The van der Waals surface area contributed by atoms with Crippen LogP contribution < -0.4 is 25.8 Å². The molecule has 0 bridgehead atoms.